The maximum atomic E-state index is 11.4. The first-order chi connectivity index (χ1) is 8.24. The molecule has 0 bridgehead atoms. The third-order valence-corrected chi connectivity index (χ3v) is 2.36. The Balaban J connectivity index is 2.06. The van der Waals surface area contributed by atoms with Crippen molar-refractivity contribution < 1.29 is 9.53 Å². The molecule has 6 heteroatoms. The fourth-order valence-electron chi connectivity index (χ4n) is 1.39. The van der Waals surface area contributed by atoms with Gasteiger partial charge < -0.3 is 19.9 Å². The number of imidazole rings is 1. The lowest BCUT2D eigenvalue weighted by molar-refractivity contribution is -0.120. The van der Waals surface area contributed by atoms with Gasteiger partial charge in [-0.05, 0) is 0 Å². The van der Waals surface area contributed by atoms with E-state index >= 15 is 0 Å². The number of carbonyl (C=O) groups is 1. The number of amides is 1. The zero-order valence-electron chi connectivity index (χ0n) is 10.4. The van der Waals surface area contributed by atoms with Gasteiger partial charge in [0, 0.05) is 46.1 Å². The van der Waals surface area contributed by atoms with Crippen LogP contribution in [0.3, 0.4) is 0 Å². The van der Waals surface area contributed by atoms with Gasteiger partial charge in [0.25, 0.3) is 0 Å². The molecule has 1 heterocycles. The Morgan fingerprint density at radius 3 is 3.00 bits per heavy atom. The first-order valence-electron chi connectivity index (χ1n) is 5.66. The van der Waals surface area contributed by atoms with Crippen LogP contribution in [0.4, 0.5) is 0 Å². The number of aromatic nitrogens is 2. The molecular weight excluding hydrogens is 220 g/mol. The van der Waals surface area contributed by atoms with Crippen molar-refractivity contribution in [1.82, 2.24) is 20.2 Å². The van der Waals surface area contributed by atoms with Gasteiger partial charge in [0.05, 0.1) is 13.2 Å². The van der Waals surface area contributed by atoms with Crippen molar-refractivity contribution >= 4 is 5.91 Å². The molecule has 0 unspecified atom stereocenters. The van der Waals surface area contributed by atoms with Gasteiger partial charge in [-0.15, -0.1) is 0 Å². The summed E-state index contributed by atoms with van der Waals surface area (Å²) in [6.45, 7) is 2.23. The van der Waals surface area contributed by atoms with Crippen molar-refractivity contribution in [2.24, 2.45) is 7.05 Å². The Morgan fingerprint density at radius 2 is 2.35 bits per heavy atom. The molecule has 0 spiro atoms. The maximum absolute atomic E-state index is 11.4. The Morgan fingerprint density at radius 1 is 1.53 bits per heavy atom. The topological polar surface area (TPSA) is 68.2 Å². The molecule has 0 saturated carbocycles. The summed E-state index contributed by atoms with van der Waals surface area (Å²) >= 11 is 0. The molecule has 0 saturated heterocycles. The van der Waals surface area contributed by atoms with E-state index in [4.69, 9.17) is 4.74 Å². The highest BCUT2D eigenvalue weighted by Gasteiger charge is 2.02. The van der Waals surface area contributed by atoms with E-state index in [-0.39, 0.29) is 5.91 Å². The Hall–Kier alpha value is -1.40. The van der Waals surface area contributed by atoms with Crippen LogP contribution < -0.4 is 10.6 Å². The van der Waals surface area contributed by atoms with E-state index in [0.29, 0.717) is 26.2 Å². The van der Waals surface area contributed by atoms with Crippen molar-refractivity contribution in [2.45, 2.75) is 6.42 Å². The molecular formula is C11H20N4O2. The number of nitrogens with zero attached hydrogens (tertiary/aromatic N) is 2. The number of aryl methyl sites for hydroxylation is 1. The van der Waals surface area contributed by atoms with Crippen LogP contribution in [0.1, 0.15) is 5.82 Å². The van der Waals surface area contributed by atoms with Crippen molar-refractivity contribution in [3.05, 3.63) is 18.2 Å². The SMILES string of the molecule is COCCNCC(=O)NCCc1nccn1C. The molecule has 0 radical (unpaired) electrons. The average Bonchev–Trinajstić information content (AvgIpc) is 2.71. The minimum atomic E-state index is -0.00434. The standard InChI is InChI=1S/C11H20N4O2/c1-15-7-5-13-10(15)3-4-14-11(16)9-12-6-8-17-2/h5,7,12H,3-4,6,8-9H2,1-2H3,(H,14,16). The van der Waals surface area contributed by atoms with Gasteiger partial charge in [-0.1, -0.05) is 0 Å². The van der Waals surface area contributed by atoms with Crippen molar-refractivity contribution in [3.63, 3.8) is 0 Å². The Bertz CT molecular complexity index is 338. The molecule has 1 amide bonds. The van der Waals surface area contributed by atoms with Gasteiger partial charge in [-0.2, -0.15) is 0 Å². The summed E-state index contributed by atoms with van der Waals surface area (Å²) in [5.74, 6) is 0.966. The highest BCUT2D eigenvalue weighted by molar-refractivity contribution is 5.77. The second-order valence-corrected chi connectivity index (χ2v) is 3.72. The number of nitrogens with one attached hydrogen (secondary N) is 2. The number of hydrogen-bond donors (Lipinski definition) is 2. The molecule has 1 aromatic rings. The molecule has 0 aliphatic rings. The summed E-state index contributed by atoms with van der Waals surface area (Å²) in [4.78, 5) is 15.6. The number of ether oxygens (including phenoxy) is 1. The van der Waals surface area contributed by atoms with Gasteiger partial charge in [0.2, 0.25) is 5.91 Å². The van der Waals surface area contributed by atoms with E-state index in [2.05, 4.69) is 15.6 Å². The van der Waals surface area contributed by atoms with Crippen molar-refractivity contribution in [2.75, 3.05) is 33.4 Å². The van der Waals surface area contributed by atoms with Crippen LogP contribution >= 0.6 is 0 Å². The normalized spacial score (nSPS) is 10.5. The lowest BCUT2D eigenvalue weighted by Gasteiger charge is -2.06. The second-order valence-electron chi connectivity index (χ2n) is 3.72. The Labute approximate surface area is 101 Å². The maximum Gasteiger partial charge on any atom is 0.233 e. The summed E-state index contributed by atoms with van der Waals surface area (Å²) in [5, 5.41) is 5.81. The fraction of sp³-hybridized carbons (Fsp3) is 0.636. The summed E-state index contributed by atoms with van der Waals surface area (Å²) in [6, 6.07) is 0. The lowest BCUT2D eigenvalue weighted by atomic mass is 10.4. The third-order valence-electron chi connectivity index (χ3n) is 2.36. The number of hydrogen-bond acceptors (Lipinski definition) is 4. The minimum absolute atomic E-state index is 0.00434. The molecule has 0 aliphatic heterocycles. The predicted molar refractivity (Wildman–Crippen MR) is 64.7 cm³/mol. The summed E-state index contributed by atoms with van der Waals surface area (Å²) < 4.78 is 6.81. The van der Waals surface area contributed by atoms with Gasteiger partial charge in [-0.3, -0.25) is 4.79 Å². The predicted octanol–water partition coefficient (Wildman–Crippen LogP) is -0.685. The van der Waals surface area contributed by atoms with Crippen LogP contribution in [0.2, 0.25) is 0 Å². The molecule has 0 atom stereocenters. The number of methoxy groups -OCH3 is 1. The first kappa shape index (κ1) is 13.7. The molecule has 1 rings (SSSR count). The highest BCUT2D eigenvalue weighted by Crippen LogP contribution is 1.93. The minimum Gasteiger partial charge on any atom is -0.383 e. The van der Waals surface area contributed by atoms with Gasteiger partial charge in [0.1, 0.15) is 5.82 Å². The third kappa shape index (κ3) is 5.46. The summed E-state index contributed by atoms with van der Waals surface area (Å²) in [7, 11) is 3.57. The Kier molecular flexibility index (Phi) is 6.27. The number of rotatable bonds is 8. The first-order valence-corrected chi connectivity index (χ1v) is 5.66. The largest absolute Gasteiger partial charge is 0.383 e. The van der Waals surface area contributed by atoms with Crippen LogP contribution in [0.5, 0.6) is 0 Å². The van der Waals surface area contributed by atoms with E-state index in [1.807, 2.05) is 17.8 Å². The van der Waals surface area contributed by atoms with Crippen LogP contribution in [-0.2, 0) is 23.0 Å². The molecule has 0 fully saturated rings. The molecule has 17 heavy (non-hydrogen) atoms. The van der Waals surface area contributed by atoms with Crippen LogP contribution in [-0.4, -0.2) is 48.8 Å². The molecule has 96 valence electrons. The summed E-state index contributed by atoms with van der Waals surface area (Å²) in [5.41, 5.74) is 0. The lowest BCUT2D eigenvalue weighted by Crippen LogP contribution is -2.36. The van der Waals surface area contributed by atoms with Gasteiger partial charge in [0.15, 0.2) is 0 Å². The van der Waals surface area contributed by atoms with E-state index in [9.17, 15) is 4.79 Å². The van der Waals surface area contributed by atoms with Crippen LogP contribution in [0.25, 0.3) is 0 Å². The van der Waals surface area contributed by atoms with E-state index in [0.717, 1.165) is 12.2 Å². The number of carbonyl (C=O) groups excluding carboxylic acids is 1. The zero-order valence-corrected chi connectivity index (χ0v) is 10.4. The molecule has 2 N–H and O–H groups in total. The molecule has 0 aromatic carbocycles. The highest BCUT2D eigenvalue weighted by atomic mass is 16.5. The van der Waals surface area contributed by atoms with Crippen molar-refractivity contribution in [1.29, 1.82) is 0 Å². The molecule has 6 nitrogen and oxygen atoms in total. The van der Waals surface area contributed by atoms with E-state index < -0.39 is 0 Å². The van der Waals surface area contributed by atoms with Gasteiger partial charge >= 0.3 is 0 Å². The van der Waals surface area contributed by atoms with E-state index in [1.165, 1.54) is 0 Å². The van der Waals surface area contributed by atoms with Crippen LogP contribution in [0, 0.1) is 0 Å². The molecule has 1 aromatic heterocycles. The summed E-state index contributed by atoms with van der Waals surface area (Å²) in [6.07, 6.45) is 4.39. The quantitative estimate of drug-likeness (QED) is 0.591. The van der Waals surface area contributed by atoms with Crippen LogP contribution in [0.15, 0.2) is 12.4 Å². The van der Waals surface area contributed by atoms with Gasteiger partial charge in [-0.25, -0.2) is 4.98 Å². The smallest absolute Gasteiger partial charge is 0.233 e. The fourth-order valence-corrected chi connectivity index (χ4v) is 1.39. The van der Waals surface area contributed by atoms with E-state index in [1.54, 1.807) is 13.3 Å². The average molecular weight is 240 g/mol. The second kappa shape index (κ2) is 7.81. The zero-order chi connectivity index (χ0) is 12.5. The molecule has 0 aliphatic carbocycles. The monoisotopic (exact) mass is 240 g/mol. The van der Waals surface area contributed by atoms with Crippen molar-refractivity contribution in [3.8, 4) is 0 Å².